The number of rotatable bonds is 9. The molecular formula is C26H32FN3O4S. The van der Waals surface area contributed by atoms with E-state index < -0.39 is 46.0 Å². The molecule has 0 spiro atoms. The van der Waals surface area contributed by atoms with Crippen LogP contribution in [0.1, 0.15) is 44.6 Å². The van der Waals surface area contributed by atoms with Crippen molar-refractivity contribution in [1.82, 2.24) is 5.32 Å². The lowest BCUT2D eigenvalue weighted by atomic mass is 9.95. The molecule has 1 fully saturated rings. The Hall–Kier alpha value is -3.07. The molecule has 7 nitrogen and oxygen atoms in total. The highest BCUT2D eigenvalue weighted by molar-refractivity contribution is 7.86. The minimum absolute atomic E-state index is 0.0943. The van der Waals surface area contributed by atoms with E-state index in [1.165, 1.54) is 29.2 Å². The Kier molecular flexibility index (Phi) is 9.54. The van der Waals surface area contributed by atoms with Gasteiger partial charge in [0.05, 0.1) is 0 Å². The number of carbonyl (C=O) groups is 3. The zero-order valence-corrected chi connectivity index (χ0v) is 20.9. The number of anilines is 2. The molecule has 0 bridgehead atoms. The molecule has 35 heavy (non-hydrogen) atoms. The highest BCUT2D eigenvalue weighted by atomic mass is 32.2. The van der Waals surface area contributed by atoms with Gasteiger partial charge in [-0.1, -0.05) is 37.5 Å². The molecule has 0 heterocycles. The standard InChI is InChI=1S/C26H32FN3O4S/c1-18-8-6-7-11-23(18)30(19(2)26(33)29-21-9-4-3-5-10-21)25(32)17-35(34)16-24(31)28-22-14-12-20(27)13-15-22/h6-8,11-15,19,21H,3-5,9-10,16-17H2,1-2H3,(H,28,31)(H,29,33)/t19-,35-/m1/s1. The molecular weight excluding hydrogens is 469 g/mol. The van der Waals surface area contributed by atoms with Crippen LogP contribution in [0.4, 0.5) is 15.8 Å². The highest BCUT2D eigenvalue weighted by Gasteiger charge is 2.31. The summed E-state index contributed by atoms with van der Waals surface area (Å²) in [5, 5.41) is 5.60. The summed E-state index contributed by atoms with van der Waals surface area (Å²) >= 11 is 0. The van der Waals surface area contributed by atoms with Crippen molar-refractivity contribution in [3.8, 4) is 0 Å². The van der Waals surface area contributed by atoms with Gasteiger partial charge in [0, 0.05) is 28.2 Å². The monoisotopic (exact) mass is 501 g/mol. The molecule has 3 rings (SSSR count). The number of nitrogens with zero attached hydrogens (tertiary/aromatic N) is 1. The first-order chi connectivity index (χ1) is 16.7. The molecule has 1 saturated carbocycles. The molecule has 3 amide bonds. The quantitative estimate of drug-likeness (QED) is 0.548. The molecule has 0 aromatic heterocycles. The van der Waals surface area contributed by atoms with Crippen molar-refractivity contribution in [2.24, 2.45) is 0 Å². The maximum atomic E-state index is 13.3. The van der Waals surface area contributed by atoms with Gasteiger partial charge in [-0.05, 0) is 62.6 Å². The van der Waals surface area contributed by atoms with Crippen LogP contribution in [-0.2, 0) is 25.2 Å². The Morgan fingerprint density at radius 3 is 2.34 bits per heavy atom. The molecule has 9 heteroatoms. The summed E-state index contributed by atoms with van der Waals surface area (Å²) in [4.78, 5) is 40.0. The topological polar surface area (TPSA) is 95.6 Å². The molecule has 1 aliphatic rings. The average Bonchev–Trinajstić information content (AvgIpc) is 2.82. The fraction of sp³-hybridized carbons (Fsp3) is 0.423. The van der Waals surface area contributed by atoms with Gasteiger partial charge in [0.2, 0.25) is 17.7 Å². The molecule has 2 atom stereocenters. The van der Waals surface area contributed by atoms with E-state index in [1.54, 1.807) is 19.1 Å². The first-order valence-corrected chi connectivity index (χ1v) is 13.3. The van der Waals surface area contributed by atoms with E-state index in [1.807, 2.05) is 19.1 Å². The van der Waals surface area contributed by atoms with E-state index in [0.717, 1.165) is 37.7 Å². The van der Waals surface area contributed by atoms with E-state index in [-0.39, 0.29) is 11.9 Å². The summed E-state index contributed by atoms with van der Waals surface area (Å²) in [7, 11) is -1.80. The smallest absolute Gasteiger partial charge is 0.243 e. The first-order valence-electron chi connectivity index (χ1n) is 11.8. The number of carbonyl (C=O) groups excluding carboxylic acids is 3. The van der Waals surface area contributed by atoms with Crippen molar-refractivity contribution in [1.29, 1.82) is 0 Å². The van der Waals surface area contributed by atoms with Crippen LogP contribution < -0.4 is 15.5 Å². The molecule has 1 aliphatic carbocycles. The maximum absolute atomic E-state index is 13.3. The summed E-state index contributed by atoms with van der Waals surface area (Å²) in [6.45, 7) is 3.50. The average molecular weight is 502 g/mol. The number of hydrogen-bond acceptors (Lipinski definition) is 4. The fourth-order valence-corrected chi connectivity index (χ4v) is 5.09. The molecule has 2 aromatic rings. The molecule has 0 unspecified atom stereocenters. The summed E-state index contributed by atoms with van der Waals surface area (Å²) < 4.78 is 25.7. The predicted molar refractivity (Wildman–Crippen MR) is 136 cm³/mol. The molecule has 0 saturated heterocycles. The highest BCUT2D eigenvalue weighted by Crippen LogP contribution is 2.23. The van der Waals surface area contributed by atoms with Crippen molar-refractivity contribution in [2.75, 3.05) is 21.7 Å². The summed E-state index contributed by atoms with van der Waals surface area (Å²) in [5.41, 5.74) is 1.74. The van der Waals surface area contributed by atoms with Gasteiger partial charge in [-0.3, -0.25) is 23.5 Å². The Balaban J connectivity index is 1.68. The Morgan fingerprint density at radius 2 is 1.69 bits per heavy atom. The van der Waals surface area contributed by atoms with Crippen LogP contribution >= 0.6 is 0 Å². The molecule has 2 N–H and O–H groups in total. The van der Waals surface area contributed by atoms with Gasteiger partial charge in [0.25, 0.3) is 0 Å². The van der Waals surface area contributed by atoms with Crippen molar-refractivity contribution in [3.05, 3.63) is 59.9 Å². The fourth-order valence-electron chi connectivity index (χ4n) is 4.21. The van der Waals surface area contributed by atoms with Crippen LogP contribution in [0.2, 0.25) is 0 Å². The third-order valence-corrected chi connectivity index (χ3v) is 7.22. The molecule has 0 aliphatic heterocycles. The second kappa shape index (κ2) is 12.6. The zero-order valence-electron chi connectivity index (χ0n) is 20.1. The maximum Gasteiger partial charge on any atom is 0.243 e. The summed E-state index contributed by atoms with van der Waals surface area (Å²) in [6.07, 6.45) is 5.14. The van der Waals surface area contributed by atoms with Crippen LogP contribution in [0.15, 0.2) is 48.5 Å². The van der Waals surface area contributed by atoms with Crippen molar-refractivity contribution >= 4 is 39.9 Å². The van der Waals surface area contributed by atoms with Gasteiger partial charge >= 0.3 is 0 Å². The largest absolute Gasteiger partial charge is 0.352 e. The minimum atomic E-state index is -1.80. The summed E-state index contributed by atoms with van der Waals surface area (Å²) in [5.74, 6) is -2.55. The molecule has 188 valence electrons. The van der Waals surface area contributed by atoms with Gasteiger partial charge < -0.3 is 10.6 Å². The number of benzene rings is 2. The van der Waals surface area contributed by atoms with E-state index in [2.05, 4.69) is 10.6 Å². The normalized spacial score (nSPS) is 15.6. The lowest BCUT2D eigenvalue weighted by Crippen LogP contribution is -2.52. The SMILES string of the molecule is Cc1ccccc1N(C(=O)C[S@](=O)CC(=O)Nc1ccc(F)cc1)[C@H](C)C(=O)NC1CCCCC1. The number of aryl methyl sites for hydroxylation is 1. The van der Waals surface area contributed by atoms with E-state index in [0.29, 0.717) is 11.4 Å². The van der Waals surface area contributed by atoms with Gasteiger partial charge in [-0.25, -0.2) is 4.39 Å². The summed E-state index contributed by atoms with van der Waals surface area (Å²) in [6, 6.07) is 11.7. The predicted octanol–water partition coefficient (Wildman–Crippen LogP) is 3.69. The zero-order chi connectivity index (χ0) is 25.4. The van der Waals surface area contributed by atoms with Gasteiger partial charge in [0.1, 0.15) is 23.4 Å². The Morgan fingerprint density at radius 1 is 1.03 bits per heavy atom. The van der Waals surface area contributed by atoms with Crippen molar-refractivity contribution in [3.63, 3.8) is 0 Å². The third-order valence-electron chi connectivity index (χ3n) is 6.07. The van der Waals surface area contributed by atoms with Crippen LogP contribution in [0, 0.1) is 12.7 Å². The van der Waals surface area contributed by atoms with E-state index >= 15 is 0 Å². The first kappa shape index (κ1) is 26.5. The number of amides is 3. The molecule has 0 radical (unpaired) electrons. The second-order valence-electron chi connectivity index (χ2n) is 8.85. The van der Waals surface area contributed by atoms with E-state index in [4.69, 9.17) is 0 Å². The second-order valence-corrected chi connectivity index (χ2v) is 10.3. The Labute approximate surface area is 207 Å². The van der Waals surface area contributed by atoms with E-state index in [9.17, 15) is 23.0 Å². The van der Waals surface area contributed by atoms with Crippen LogP contribution in [0.25, 0.3) is 0 Å². The minimum Gasteiger partial charge on any atom is -0.352 e. The number of nitrogens with one attached hydrogen (secondary N) is 2. The number of para-hydroxylation sites is 1. The lowest BCUT2D eigenvalue weighted by Gasteiger charge is -2.32. The number of halogens is 1. The lowest BCUT2D eigenvalue weighted by molar-refractivity contribution is -0.126. The van der Waals surface area contributed by atoms with Crippen molar-refractivity contribution in [2.45, 2.75) is 58.0 Å². The van der Waals surface area contributed by atoms with Gasteiger partial charge in [0.15, 0.2) is 0 Å². The van der Waals surface area contributed by atoms with Crippen LogP contribution in [0.3, 0.4) is 0 Å². The third kappa shape index (κ3) is 7.71. The van der Waals surface area contributed by atoms with Crippen LogP contribution in [-0.4, -0.2) is 45.5 Å². The molecule has 2 aromatic carbocycles. The van der Waals surface area contributed by atoms with Crippen molar-refractivity contribution < 1.29 is 23.0 Å². The Bertz CT molecular complexity index is 1070. The van der Waals surface area contributed by atoms with Gasteiger partial charge in [-0.15, -0.1) is 0 Å². The van der Waals surface area contributed by atoms with Crippen LogP contribution in [0.5, 0.6) is 0 Å². The number of hydrogen-bond donors (Lipinski definition) is 2. The van der Waals surface area contributed by atoms with Gasteiger partial charge in [-0.2, -0.15) is 0 Å².